The summed E-state index contributed by atoms with van der Waals surface area (Å²) in [7, 11) is 0. The summed E-state index contributed by atoms with van der Waals surface area (Å²) in [6.07, 6.45) is -0.925. The molecule has 4 aromatic rings. The summed E-state index contributed by atoms with van der Waals surface area (Å²) in [5.41, 5.74) is -0.749. The summed E-state index contributed by atoms with van der Waals surface area (Å²) in [6.45, 7) is 8.60. The molecule has 2 saturated heterocycles. The van der Waals surface area contributed by atoms with Crippen LogP contribution in [0.5, 0.6) is 5.88 Å². The maximum absolute atomic E-state index is 14.7. The number of benzene rings is 1. The van der Waals surface area contributed by atoms with Crippen molar-refractivity contribution in [1.82, 2.24) is 34.3 Å². The van der Waals surface area contributed by atoms with E-state index in [1.165, 1.54) is 11.4 Å². The molecule has 1 saturated carbocycles. The number of nitrogens with one attached hydrogen (secondary N) is 2. The standard InChI is InChI=1S/C32H39F4N11O3/c1-4-23-27(43-13-14-44(18(2)16-43)24-15-38-46(28(24)49)20-5-6-20)29(50)47-31(40-30(41-47)42-11-9-37-10-12-42)45(23)17-25(48)39-22-8-7-21(32(34,35)36)26(33)19(22)3/h7-8,15,18,20,37,49H,4-6,9-14,16-17H2,1-3H3,(H,39,48)/t18-/m1/s1. The molecule has 0 radical (unpaired) electrons. The molecule has 0 bridgehead atoms. The monoisotopic (exact) mass is 701 g/mol. The van der Waals surface area contributed by atoms with Crippen LogP contribution in [0.25, 0.3) is 5.78 Å². The molecule has 0 spiro atoms. The number of carbonyl (C=O) groups is 1. The second kappa shape index (κ2) is 12.8. The third-order valence-corrected chi connectivity index (χ3v) is 9.71. The largest absolute Gasteiger partial charge is 0.492 e. The van der Waals surface area contributed by atoms with Gasteiger partial charge >= 0.3 is 6.18 Å². The normalized spacial score (nSPS) is 18.7. The molecular weight excluding hydrogens is 662 g/mol. The Morgan fingerprint density at radius 2 is 1.86 bits per heavy atom. The number of nitrogens with zero attached hydrogens (tertiary/aromatic N) is 9. The fraction of sp³-hybridized carbons (Fsp3) is 0.531. The molecule has 268 valence electrons. The van der Waals surface area contributed by atoms with Gasteiger partial charge < -0.3 is 35.0 Å². The molecule has 3 aliphatic rings. The number of aromatic nitrogens is 6. The van der Waals surface area contributed by atoms with Crippen molar-refractivity contribution in [3.8, 4) is 5.88 Å². The lowest BCUT2D eigenvalue weighted by Crippen LogP contribution is -2.54. The zero-order chi connectivity index (χ0) is 35.5. The van der Waals surface area contributed by atoms with E-state index in [-0.39, 0.29) is 41.5 Å². The highest BCUT2D eigenvalue weighted by molar-refractivity contribution is 5.92. The lowest BCUT2D eigenvalue weighted by Gasteiger charge is -2.42. The van der Waals surface area contributed by atoms with Crippen LogP contribution >= 0.6 is 0 Å². The third kappa shape index (κ3) is 5.98. The van der Waals surface area contributed by atoms with Crippen LogP contribution in [0, 0.1) is 12.7 Å². The second-order valence-corrected chi connectivity index (χ2v) is 13.1. The minimum absolute atomic E-state index is 0.1000. The maximum atomic E-state index is 14.7. The highest BCUT2D eigenvalue weighted by Crippen LogP contribution is 2.41. The van der Waals surface area contributed by atoms with Crippen LogP contribution in [0.3, 0.4) is 0 Å². The first kappa shape index (κ1) is 33.6. The molecule has 3 aromatic heterocycles. The van der Waals surface area contributed by atoms with Crippen molar-refractivity contribution in [2.24, 2.45) is 0 Å². The zero-order valence-corrected chi connectivity index (χ0v) is 28.0. The SMILES string of the molecule is CCc1c(N2CCN(c3cnn(C4CC4)c3O)[C@H](C)C2)c(=O)n2nc(N3CCNCC3)nc2n1CC(=O)Nc1ccc(C(F)(F)F)c(F)c1C. The number of fused-ring (bicyclic) bond motifs is 1. The van der Waals surface area contributed by atoms with Crippen molar-refractivity contribution in [3.05, 3.63) is 51.3 Å². The summed E-state index contributed by atoms with van der Waals surface area (Å²) in [4.78, 5) is 38.6. The Bertz CT molecular complexity index is 2000. The number of hydrogen-bond acceptors (Lipinski definition) is 10. The number of hydrogen-bond donors (Lipinski definition) is 3. The van der Waals surface area contributed by atoms with E-state index in [1.54, 1.807) is 15.4 Å². The van der Waals surface area contributed by atoms with E-state index in [0.717, 1.165) is 18.9 Å². The van der Waals surface area contributed by atoms with Crippen molar-refractivity contribution in [3.63, 3.8) is 0 Å². The number of rotatable bonds is 8. The first-order valence-electron chi connectivity index (χ1n) is 16.8. The van der Waals surface area contributed by atoms with E-state index in [2.05, 4.69) is 25.7 Å². The van der Waals surface area contributed by atoms with Crippen LogP contribution in [0.15, 0.2) is 23.1 Å². The molecule has 1 atom stereocenters. The Morgan fingerprint density at radius 1 is 1.12 bits per heavy atom. The third-order valence-electron chi connectivity index (χ3n) is 9.71. The van der Waals surface area contributed by atoms with Crippen LogP contribution in [-0.4, -0.2) is 91.8 Å². The lowest BCUT2D eigenvalue weighted by molar-refractivity contribution is -0.140. The summed E-state index contributed by atoms with van der Waals surface area (Å²) in [6, 6.07) is 1.71. The Labute approximate surface area is 284 Å². The van der Waals surface area contributed by atoms with Crippen molar-refractivity contribution < 1.29 is 27.5 Å². The van der Waals surface area contributed by atoms with Crippen LogP contribution in [-0.2, 0) is 23.9 Å². The van der Waals surface area contributed by atoms with Gasteiger partial charge in [-0.25, -0.2) is 9.07 Å². The van der Waals surface area contributed by atoms with E-state index < -0.39 is 29.0 Å². The van der Waals surface area contributed by atoms with Crippen molar-refractivity contribution >= 4 is 34.7 Å². The number of amides is 1. The van der Waals surface area contributed by atoms with Crippen molar-refractivity contribution in [2.75, 3.05) is 65.8 Å². The molecule has 1 aliphatic carbocycles. The van der Waals surface area contributed by atoms with E-state index in [0.29, 0.717) is 81.3 Å². The van der Waals surface area contributed by atoms with Gasteiger partial charge in [0.25, 0.3) is 5.56 Å². The van der Waals surface area contributed by atoms with Crippen LogP contribution in [0.2, 0.25) is 0 Å². The van der Waals surface area contributed by atoms with Gasteiger partial charge in [0.1, 0.15) is 23.7 Å². The number of carbonyl (C=O) groups excluding carboxylic acids is 1. The van der Waals surface area contributed by atoms with Crippen LogP contribution < -0.4 is 30.9 Å². The molecule has 18 heteroatoms. The minimum atomic E-state index is -4.89. The van der Waals surface area contributed by atoms with E-state index >= 15 is 0 Å². The molecule has 7 rings (SSSR count). The lowest BCUT2D eigenvalue weighted by atomic mass is 10.1. The predicted octanol–water partition coefficient (Wildman–Crippen LogP) is 2.92. The Hall–Kier alpha value is -4.87. The van der Waals surface area contributed by atoms with Gasteiger partial charge in [-0.2, -0.15) is 27.8 Å². The van der Waals surface area contributed by atoms with Gasteiger partial charge in [-0.15, -0.1) is 5.10 Å². The molecule has 1 amide bonds. The number of halogens is 4. The van der Waals surface area contributed by atoms with Gasteiger partial charge in [0.2, 0.25) is 23.5 Å². The summed E-state index contributed by atoms with van der Waals surface area (Å²) in [5, 5.41) is 25.7. The van der Waals surface area contributed by atoms with Gasteiger partial charge in [-0.3, -0.25) is 9.59 Å². The highest BCUT2D eigenvalue weighted by atomic mass is 19.4. The van der Waals surface area contributed by atoms with Gasteiger partial charge in [0.15, 0.2) is 0 Å². The highest BCUT2D eigenvalue weighted by Gasteiger charge is 2.36. The first-order valence-corrected chi connectivity index (χ1v) is 16.8. The quantitative estimate of drug-likeness (QED) is 0.235. The molecule has 3 N–H and O–H groups in total. The fourth-order valence-electron chi connectivity index (χ4n) is 6.94. The average Bonchev–Trinajstić information content (AvgIpc) is 3.70. The summed E-state index contributed by atoms with van der Waals surface area (Å²) < 4.78 is 59.0. The summed E-state index contributed by atoms with van der Waals surface area (Å²) >= 11 is 0. The Morgan fingerprint density at radius 3 is 2.52 bits per heavy atom. The van der Waals surface area contributed by atoms with Crippen molar-refractivity contribution in [2.45, 2.75) is 64.8 Å². The van der Waals surface area contributed by atoms with Gasteiger partial charge in [-0.05, 0) is 45.2 Å². The van der Waals surface area contributed by atoms with Crippen molar-refractivity contribution in [1.29, 1.82) is 0 Å². The smallest absolute Gasteiger partial charge is 0.419 e. The second-order valence-electron chi connectivity index (χ2n) is 13.1. The number of aromatic hydroxyl groups is 1. The molecule has 14 nitrogen and oxygen atoms in total. The topological polar surface area (TPSA) is 141 Å². The zero-order valence-electron chi connectivity index (χ0n) is 28.0. The van der Waals surface area contributed by atoms with E-state index in [4.69, 9.17) is 4.98 Å². The number of anilines is 4. The Balaban J connectivity index is 1.24. The number of piperazine rings is 2. The molecule has 50 heavy (non-hydrogen) atoms. The molecule has 5 heterocycles. The van der Waals surface area contributed by atoms with Gasteiger partial charge in [-0.1, -0.05) is 6.92 Å². The van der Waals surface area contributed by atoms with Gasteiger partial charge in [0.05, 0.1) is 23.5 Å². The molecule has 2 aliphatic heterocycles. The number of alkyl halides is 3. The molecule has 0 unspecified atom stereocenters. The van der Waals surface area contributed by atoms with Crippen LogP contribution in [0.4, 0.5) is 40.6 Å². The van der Waals surface area contributed by atoms with E-state index in [1.807, 2.05) is 23.6 Å². The average molecular weight is 702 g/mol. The first-order chi connectivity index (χ1) is 23.9. The van der Waals surface area contributed by atoms with Gasteiger partial charge in [0, 0.05) is 63.1 Å². The fourth-order valence-corrected chi connectivity index (χ4v) is 6.94. The Kier molecular flexibility index (Phi) is 8.60. The molecule has 1 aromatic carbocycles. The predicted molar refractivity (Wildman–Crippen MR) is 178 cm³/mol. The summed E-state index contributed by atoms with van der Waals surface area (Å²) in [5.74, 6) is -1.51. The maximum Gasteiger partial charge on any atom is 0.419 e. The molecule has 3 fully saturated rings. The molecular formula is C32H39F4N11O3. The minimum Gasteiger partial charge on any atom is -0.492 e. The van der Waals surface area contributed by atoms with Crippen LogP contribution in [0.1, 0.15) is 49.6 Å². The van der Waals surface area contributed by atoms with E-state index in [9.17, 15) is 32.3 Å².